The van der Waals surface area contributed by atoms with Crippen LogP contribution in [0.1, 0.15) is 12.5 Å². The van der Waals surface area contributed by atoms with Gasteiger partial charge in [-0.05, 0) is 18.1 Å². The van der Waals surface area contributed by atoms with Crippen LogP contribution in [0.15, 0.2) is 24.3 Å². The van der Waals surface area contributed by atoms with Crippen molar-refractivity contribution in [3.05, 3.63) is 29.8 Å². The summed E-state index contributed by atoms with van der Waals surface area (Å²) in [5.74, 6) is -1.47. The number of aliphatic hydroxyl groups excluding tert-OH is 1. The molecule has 0 saturated carbocycles. The first-order valence-corrected chi connectivity index (χ1v) is 5.47. The molecular weight excluding hydrogens is 220 g/mol. The average Bonchev–Trinajstić information content (AvgIpc) is 2.36. The second-order valence-electron chi connectivity index (χ2n) is 3.44. The predicted molar refractivity (Wildman–Crippen MR) is 64.5 cm³/mol. The van der Waals surface area contributed by atoms with Gasteiger partial charge in [0.2, 0.25) is 0 Å². The third-order valence-electron chi connectivity index (χ3n) is 2.25. The normalized spacial score (nSPS) is 9.76. The minimum Gasteiger partial charge on any atom is -0.395 e. The topological polar surface area (TPSA) is 78.4 Å². The quantitative estimate of drug-likeness (QED) is 0.658. The van der Waals surface area contributed by atoms with E-state index in [-0.39, 0.29) is 13.2 Å². The van der Waals surface area contributed by atoms with Gasteiger partial charge in [0.15, 0.2) is 0 Å². The Kier molecular flexibility index (Phi) is 5.16. The first-order valence-electron chi connectivity index (χ1n) is 5.47. The van der Waals surface area contributed by atoms with Crippen LogP contribution in [0.25, 0.3) is 0 Å². The average molecular weight is 236 g/mol. The lowest BCUT2D eigenvalue weighted by molar-refractivity contribution is -0.136. The molecule has 0 fully saturated rings. The minimum absolute atomic E-state index is 0.0711. The van der Waals surface area contributed by atoms with Crippen LogP contribution in [0, 0.1) is 0 Å². The van der Waals surface area contributed by atoms with Crippen LogP contribution in [0.2, 0.25) is 0 Å². The molecule has 0 aliphatic rings. The van der Waals surface area contributed by atoms with E-state index in [4.69, 9.17) is 5.11 Å². The van der Waals surface area contributed by atoms with Gasteiger partial charge in [0.25, 0.3) is 0 Å². The third-order valence-corrected chi connectivity index (χ3v) is 2.25. The molecule has 0 aliphatic heterocycles. The lowest BCUT2D eigenvalue weighted by atomic mass is 10.1. The van der Waals surface area contributed by atoms with E-state index < -0.39 is 11.8 Å². The molecule has 0 atom stereocenters. The molecule has 1 aromatic carbocycles. The van der Waals surface area contributed by atoms with E-state index in [1.165, 1.54) is 0 Å². The molecule has 17 heavy (non-hydrogen) atoms. The van der Waals surface area contributed by atoms with Crippen molar-refractivity contribution in [2.45, 2.75) is 13.3 Å². The van der Waals surface area contributed by atoms with E-state index in [0.717, 1.165) is 12.0 Å². The molecular formula is C12H16N2O3. The summed E-state index contributed by atoms with van der Waals surface area (Å²) in [5.41, 5.74) is 1.61. The summed E-state index contributed by atoms with van der Waals surface area (Å²) < 4.78 is 0. The van der Waals surface area contributed by atoms with E-state index in [1.54, 1.807) is 12.1 Å². The molecule has 0 heterocycles. The van der Waals surface area contributed by atoms with Crippen LogP contribution in [-0.4, -0.2) is 30.1 Å². The Balaban J connectivity index is 2.64. The number of nitrogens with one attached hydrogen (secondary N) is 2. The summed E-state index contributed by atoms with van der Waals surface area (Å²) in [6, 6.07) is 7.30. The number of aryl methyl sites for hydroxylation is 1. The molecule has 2 amide bonds. The maximum absolute atomic E-state index is 11.5. The maximum atomic E-state index is 11.5. The van der Waals surface area contributed by atoms with Crippen molar-refractivity contribution in [3.63, 3.8) is 0 Å². The molecule has 0 spiro atoms. The second kappa shape index (κ2) is 6.65. The van der Waals surface area contributed by atoms with E-state index in [2.05, 4.69) is 10.6 Å². The molecule has 5 nitrogen and oxygen atoms in total. The molecule has 0 aromatic heterocycles. The molecule has 0 saturated heterocycles. The van der Waals surface area contributed by atoms with E-state index in [9.17, 15) is 9.59 Å². The zero-order valence-corrected chi connectivity index (χ0v) is 9.69. The Labute approximate surface area is 99.8 Å². The number of carbonyl (C=O) groups excluding carboxylic acids is 2. The van der Waals surface area contributed by atoms with Gasteiger partial charge >= 0.3 is 11.8 Å². The van der Waals surface area contributed by atoms with Crippen LogP contribution >= 0.6 is 0 Å². The van der Waals surface area contributed by atoms with Crippen molar-refractivity contribution >= 4 is 17.5 Å². The highest BCUT2D eigenvalue weighted by molar-refractivity contribution is 6.39. The zero-order valence-electron chi connectivity index (χ0n) is 9.69. The number of carbonyl (C=O) groups is 2. The van der Waals surface area contributed by atoms with Crippen LogP contribution in [-0.2, 0) is 16.0 Å². The Morgan fingerprint density at radius 3 is 2.59 bits per heavy atom. The summed E-state index contributed by atoms with van der Waals surface area (Å²) in [5, 5.41) is 13.3. The fourth-order valence-corrected chi connectivity index (χ4v) is 1.38. The van der Waals surface area contributed by atoms with Gasteiger partial charge in [-0.3, -0.25) is 9.59 Å². The maximum Gasteiger partial charge on any atom is 0.313 e. The van der Waals surface area contributed by atoms with Gasteiger partial charge in [-0.15, -0.1) is 0 Å². The molecule has 3 N–H and O–H groups in total. The Bertz CT molecular complexity index is 404. The number of aliphatic hydroxyl groups is 1. The van der Waals surface area contributed by atoms with Gasteiger partial charge in [-0.1, -0.05) is 25.1 Å². The number of benzene rings is 1. The number of hydrogen-bond donors (Lipinski definition) is 3. The smallest absolute Gasteiger partial charge is 0.313 e. The Hall–Kier alpha value is -1.88. The highest BCUT2D eigenvalue weighted by Gasteiger charge is 2.13. The zero-order chi connectivity index (χ0) is 12.7. The van der Waals surface area contributed by atoms with Crippen molar-refractivity contribution in [2.75, 3.05) is 18.5 Å². The highest BCUT2D eigenvalue weighted by atomic mass is 16.3. The highest BCUT2D eigenvalue weighted by Crippen LogP contribution is 2.14. The first kappa shape index (κ1) is 13.2. The number of para-hydroxylation sites is 1. The summed E-state index contributed by atoms with van der Waals surface area (Å²) >= 11 is 0. The van der Waals surface area contributed by atoms with Gasteiger partial charge in [-0.2, -0.15) is 0 Å². The van der Waals surface area contributed by atoms with Crippen molar-refractivity contribution < 1.29 is 14.7 Å². The van der Waals surface area contributed by atoms with Crippen LogP contribution < -0.4 is 10.6 Å². The number of hydrogen-bond acceptors (Lipinski definition) is 3. The van der Waals surface area contributed by atoms with Crippen molar-refractivity contribution in [3.8, 4) is 0 Å². The minimum atomic E-state index is -0.745. The van der Waals surface area contributed by atoms with Crippen LogP contribution in [0.4, 0.5) is 5.69 Å². The standard InChI is InChI=1S/C12H16N2O3/c1-2-9-5-3-4-6-10(9)14-12(17)11(16)13-7-8-15/h3-6,15H,2,7-8H2,1H3,(H,13,16)(H,14,17). The van der Waals surface area contributed by atoms with Gasteiger partial charge in [-0.25, -0.2) is 0 Å². The molecule has 0 unspecified atom stereocenters. The number of rotatable bonds is 4. The number of amides is 2. The van der Waals surface area contributed by atoms with E-state index >= 15 is 0 Å². The van der Waals surface area contributed by atoms with E-state index in [0.29, 0.717) is 5.69 Å². The lowest BCUT2D eigenvalue weighted by Gasteiger charge is -2.09. The fourth-order valence-electron chi connectivity index (χ4n) is 1.38. The van der Waals surface area contributed by atoms with Gasteiger partial charge in [0.1, 0.15) is 0 Å². The Morgan fingerprint density at radius 1 is 1.24 bits per heavy atom. The van der Waals surface area contributed by atoms with E-state index in [1.807, 2.05) is 19.1 Å². The molecule has 1 aromatic rings. The summed E-state index contributed by atoms with van der Waals surface area (Å²) in [6.45, 7) is 1.85. The number of anilines is 1. The fraction of sp³-hybridized carbons (Fsp3) is 0.333. The summed E-state index contributed by atoms with van der Waals surface area (Å²) in [7, 11) is 0. The van der Waals surface area contributed by atoms with Crippen LogP contribution in [0.5, 0.6) is 0 Å². The third kappa shape index (κ3) is 3.88. The van der Waals surface area contributed by atoms with Crippen molar-refractivity contribution in [1.82, 2.24) is 5.32 Å². The van der Waals surface area contributed by atoms with Gasteiger partial charge in [0, 0.05) is 12.2 Å². The monoisotopic (exact) mass is 236 g/mol. The van der Waals surface area contributed by atoms with Crippen molar-refractivity contribution in [1.29, 1.82) is 0 Å². The predicted octanol–water partition coefficient (Wildman–Crippen LogP) is 0.296. The molecule has 5 heteroatoms. The molecule has 92 valence electrons. The van der Waals surface area contributed by atoms with Crippen molar-refractivity contribution in [2.24, 2.45) is 0 Å². The molecule has 0 radical (unpaired) electrons. The van der Waals surface area contributed by atoms with Gasteiger partial charge < -0.3 is 15.7 Å². The first-order chi connectivity index (χ1) is 8.19. The van der Waals surface area contributed by atoms with Gasteiger partial charge in [0.05, 0.1) is 6.61 Å². The van der Waals surface area contributed by atoms with Crippen LogP contribution in [0.3, 0.4) is 0 Å². The molecule has 0 bridgehead atoms. The summed E-state index contributed by atoms with van der Waals surface area (Å²) in [4.78, 5) is 22.8. The Morgan fingerprint density at radius 2 is 1.94 bits per heavy atom. The largest absolute Gasteiger partial charge is 0.395 e. The second-order valence-corrected chi connectivity index (χ2v) is 3.44. The molecule has 0 aliphatic carbocycles. The SMILES string of the molecule is CCc1ccccc1NC(=O)C(=O)NCCO. The molecule has 1 rings (SSSR count). The summed E-state index contributed by atoms with van der Waals surface area (Å²) in [6.07, 6.45) is 0.773. The lowest BCUT2D eigenvalue weighted by Crippen LogP contribution is -2.37.